The lowest BCUT2D eigenvalue weighted by Gasteiger charge is -2.29. The summed E-state index contributed by atoms with van der Waals surface area (Å²) in [6, 6.07) is 4.79. The van der Waals surface area contributed by atoms with Crippen molar-refractivity contribution in [3.8, 4) is 0 Å². The summed E-state index contributed by atoms with van der Waals surface area (Å²) < 4.78 is 0. The zero-order chi connectivity index (χ0) is 20.8. The Bertz CT molecular complexity index is 567. The molecule has 27 heavy (non-hydrogen) atoms. The van der Waals surface area contributed by atoms with E-state index in [0.29, 0.717) is 6.04 Å². The fourth-order valence-electron chi connectivity index (χ4n) is 1.98. The first-order chi connectivity index (χ1) is 12.6. The molecular formula is C16H23N3O8. The maximum absolute atomic E-state index is 9.10. The third kappa shape index (κ3) is 12.9. The van der Waals surface area contributed by atoms with Crippen LogP contribution in [0.4, 0.5) is 0 Å². The van der Waals surface area contributed by atoms with Gasteiger partial charge in [-0.15, -0.1) is 0 Å². The molecule has 1 aromatic rings. The number of carboxylic acid groups (broad SMARTS) is 4. The number of rotatable bonds is 3. The van der Waals surface area contributed by atoms with Crippen LogP contribution in [0, 0.1) is 0 Å². The fourth-order valence-corrected chi connectivity index (χ4v) is 1.98. The van der Waals surface area contributed by atoms with Gasteiger partial charge in [0.2, 0.25) is 0 Å². The Kier molecular flexibility index (Phi) is 11.7. The molecule has 0 amide bonds. The zero-order valence-corrected chi connectivity index (χ0v) is 14.7. The first-order valence-corrected chi connectivity index (χ1v) is 7.86. The maximum atomic E-state index is 9.10. The van der Waals surface area contributed by atoms with Crippen LogP contribution >= 0.6 is 0 Å². The Morgan fingerprint density at radius 1 is 1.04 bits per heavy atom. The number of aromatic nitrogens is 1. The Morgan fingerprint density at radius 2 is 1.52 bits per heavy atom. The van der Waals surface area contributed by atoms with Gasteiger partial charge in [-0.05, 0) is 44.6 Å². The molecule has 0 spiro atoms. The first-order valence-electron chi connectivity index (χ1n) is 7.86. The van der Waals surface area contributed by atoms with Gasteiger partial charge in [-0.1, -0.05) is 6.07 Å². The molecule has 1 saturated heterocycles. The molecule has 11 heteroatoms. The Balaban J connectivity index is 0.000000470. The molecule has 0 unspecified atom stereocenters. The summed E-state index contributed by atoms with van der Waals surface area (Å²) in [5.74, 6) is -7.30. The average molecular weight is 385 g/mol. The highest BCUT2D eigenvalue weighted by molar-refractivity contribution is 6.27. The van der Waals surface area contributed by atoms with Gasteiger partial charge in [-0.2, -0.15) is 0 Å². The zero-order valence-electron chi connectivity index (χ0n) is 14.7. The van der Waals surface area contributed by atoms with Gasteiger partial charge in [0.25, 0.3) is 0 Å². The normalized spacial score (nSPS) is 14.0. The van der Waals surface area contributed by atoms with Crippen LogP contribution in [0.1, 0.15) is 18.4 Å². The van der Waals surface area contributed by atoms with Crippen LogP contribution in [0.15, 0.2) is 24.5 Å². The number of piperidine rings is 1. The molecule has 1 aliphatic rings. The highest BCUT2D eigenvalue weighted by atomic mass is 16.4. The summed E-state index contributed by atoms with van der Waals surface area (Å²) in [6.45, 7) is 3.37. The Hall–Kier alpha value is -3.05. The van der Waals surface area contributed by atoms with Crippen molar-refractivity contribution in [3.05, 3.63) is 30.1 Å². The number of carboxylic acids is 4. The number of nitrogens with zero attached hydrogens (tertiary/aromatic N) is 2. The summed E-state index contributed by atoms with van der Waals surface area (Å²) in [5.41, 5.74) is 1.27. The molecule has 0 saturated carbocycles. The summed E-state index contributed by atoms with van der Waals surface area (Å²) in [4.78, 5) is 42.9. The van der Waals surface area contributed by atoms with E-state index in [2.05, 4.69) is 28.3 Å². The van der Waals surface area contributed by atoms with Crippen molar-refractivity contribution in [2.45, 2.75) is 25.4 Å². The van der Waals surface area contributed by atoms with E-state index in [-0.39, 0.29) is 0 Å². The van der Waals surface area contributed by atoms with Gasteiger partial charge in [-0.25, -0.2) is 19.2 Å². The number of hydrogen-bond donors (Lipinski definition) is 5. The second kappa shape index (κ2) is 13.2. The minimum atomic E-state index is -1.82. The highest BCUT2D eigenvalue weighted by Crippen LogP contribution is 2.08. The van der Waals surface area contributed by atoms with E-state index >= 15 is 0 Å². The second-order valence-corrected chi connectivity index (χ2v) is 5.54. The lowest BCUT2D eigenvalue weighted by atomic mass is 10.1. The van der Waals surface area contributed by atoms with E-state index in [9.17, 15) is 0 Å². The Labute approximate surface area is 155 Å². The molecule has 1 aliphatic heterocycles. The fraction of sp³-hybridized carbons (Fsp3) is 0.438. The number of pyridine rings is 1. The van der Waals surface area contributed by atoms with Crippen molar-refractivity contribution in [1.29, 1.82) is 0 Å². The molecule has 0 aliphatic carbocycles. The SMILES string of the molecule is CN1CCC(NCc2cccnc2)CC1.O=C(O)C(=O)O.O=C(O)C(=O)O. The minimum absolute atomic E-state index is 0.682. The van der Waals surface area contributed by atoms with Crippen molar-refractivity contribution in [2.75, 3.05) is 20.1 Å². The van der Waals surface area contributed by atoms with E-state index in [1.54, 1.807) is 0 Å². The Morgan fingerprint density at radius 3 is 1.89 bits per heavy atom. The molecule has 0 atom stereocenters. The van der Waals surface area contributed by atoms with Crippen LogP contribution in [0.2, 0.25) is 0 Å². The topological polar surface area (TPSA) is 177 Å². The monoisotopic (exact) mass is 385 g/mol. The average Bonchev–Trinajstić information content (AvgIpc) is 2.63. The maximum Gasteiger partial charge on any atom is 0.414 e. The molecule has 0 aromatic carbocycles. The molecule has 11 nitrogen and oxygen atoms in total. The van der Waals surface area contributed by atoms with E-state index in [4.69, 9.17) is 39.6 Å². The predicted molar refractivity (Wildman–Crippen MR) is 92.1 cm³/mol. The smallest absolute Gasteiger partial charge is 0.414 e. The summed E-state index contributed by atoms with van der Waals surface area (Å²) >= 11 is 0. The van der Waals surface area contributed by atoms with E-state index in [0.717, 1.165) is 6.54 Å². The molecule has 0 bridgehead atoms. The first kappa shape index (κ1) is 23.9. The number of aliphatic carboxylic acids is 4. The lowest BCUT2D eigenvalue weighted by molar-refractivity contribution is -0.159. The number of carbonyl (C=O) groups is 4. The molecular weight excluding hydrogens is 362 g/mol. The van der Waals surface area contributed by atoms with E-state index in [1.807, 2.05) is 18.5 Å². The number of nitrogens with one attached hydrogen (secondary N) is 1. The van der Waals surface area contributed by atoms with E-state index < -0.39 is 23.9 Å². The van der Waals surface area contributed by atoms with Crippen molar-refractivity contribution in [1.82, 2.24) is 15.2 Å². The molecule has 150 valence electrons. The summed E-state index contributed by atoms with van der Waals surface area (Å²) in [7, 11) is 2.19. The van der Waals surface area contributed by atoms with Gasteiger partial charge >= 0.3 is 23.9 Å². The number of likely N-dealkylation sites (tertiary alicyclic amines) is 1. The van der Waals surface area contributed by atoms with Crippen molar-refractivity contribution in [2.24, 2.45) is 0 Å². The highest BCUT2D eigenvalue weighted by Gasteiger charge is 2.15. The molecule has 5 N–H and O–H groups in total. The molecule has 1 fully saturated rings. The molecule has 2 heterocycles. The van der Waals surface area contributed by atoms with Gasteiger partial charge in [0, 0.05) is 25.0 Å². The number of hydrogen-bond acceptors (Lipinski definition) is 7. The van der Waals surface area contributed by atoms with Gasteiger partial charge in [-0.3, -0.25) is 4.98 Å². The van der Waals surface area contributed by atoms with Crippen molar-refractivity contribution >= 4 is 23.9 Å². The third-order valence-corrected chi connectivity index (χ3v) is 3.40. The summed E-state index contributed by atoms with van der Waals surface area (Å²) in [6.07, 6.45) is 6.27. The molecule has 1 aromatic heterocycles. The van der Waals surface area contributed by atoms with Crippen molar-refractivity contribution < 1.29 is 39.6 Å². The molecule has 0 radical (unpaired) electrons. The standard InChI is InChI=1S/C12H19N3.2C2H2O4/c1-15-7-4-12(5-8-15)14-10-11-3-2-6-13-9-11;2*3-1(4)2(5)6/h2-3,6,9,12,14H,4-5,7-8,10H2,1H3;2*(H,3,4)(H,5,6). The van der Waals surface area contributed by atoms with Crippen LogP contribution in [-0.2, 0) is 25.7 Å². The van der Waals surface area contributed by atoms with Gasteiger partial charge in [0.15, 0.2) is 0 Å². The van der Waals surface area contributed by atoms with Crippen LogP contribution in [0.5, 0.6) is 0 Å². The van der Waals surface area contributed by atoms with E-state index in [1.165, 1.54) is 31.5 Å². The quantitative estimate of drug-likeness (QED) is 0.427. The van der Waals surface area contributed by atoms with Gasteiger partial charge in [0.1, 0.15) is 0 Å². The predicted octanol–water partition coefficient (Wildman–Crippen LogP) is -0.423. The lowest BCUT2D eigenvalue weighted by Crippen LogP contribution is -2.40. The van der Waals surface area contributed by atoms with Crippen LogP contribution in [0.3, 0.4) is 0 Å². The van der Waals surface area contributed by atoms with Crippen LogP contribution in [0.25, 0.3) is 0 Å². The van der Waals surface area contributed by atoms with Crippen LogP contribution in [-0.4, -0.2) is 80.4 Å². The molecule has 2 rings (SSSR count). The minimum Gasteiger partial charge on any atom is -0.473 e. The van der Waals surface area contributed by atoms with Gasteiger partial charge in [0.05, 0.1) is 0 Å². The largest absolute Gasteiger partial charge is 0.473 e. The van der Waals surface area contributed by atoms with Crippen LogP contribution < -0.4 is 5.32 Å². The third-order valence-electron chi connectivity index (χ3n) is 3.40. The summed E-state index contributed by atoms with van der Waals surface area (Å²) in [5, 5.41) is 33.2. The second-order valence-electron chi connectivity index (χ2n) is 5.54. The van der Waals surface area contributed by atoms with Gasteiger partial charge < -0.3 is 30.6 Å². The van der Waals surface area contributed by atoms with Crippen molar-refractivity contribution in [3.63, 3.8) is 0 Å².